The van der Waals surface area contributed by atoms with Crippen LogP contribution in [0.3, 0.4) is 0 Å². The van der Waals surface area contributed by atoms with E-state index < -0.39 is 10.0 Å². The Kier molecular flexibility index (Phi) is 5.52. The summed E-state index contributed by atoms with van der Waals surface area (Å²) in [5, 5.41) is 0. The molecule has 112 valence electrons. The van der Waals surface area contributed by atoms with Crippen LogP contribution in [0.5, 0.6) is 0 Å². The fourth-order valence-corrected chi connectivity index (χ4v) is 4.03. The Balaban J connectivity index is 2.32. The minimum absolute atomic E-state index is 0.265. The lowest BCUT2D eigenvalue weighted by Gasteiger charge is -2.21. The SMILES string of the molecule is NCCN(Cc1ccccc1)S(=O)(=O)c1cccc(Br)c1. The predicted molar refractivity (Wildman–Crippen MR) is 87.2 cm³/mol. The Bertz CT molecular complexity index is 690. The highest BCUT2D eigenvalue weighted by atomic mass is 79.9. The van der Waals surface area contributed by atoms with Gasteiger partial charge in [-0.1, -0.05) is 52.3 Å². The van der Waals surface area contributed by atoms with Crippen LogP contribution in [0.1, 0.15) is 5.56 Å². The molecular formula is C15H17BrN2O2S. The van der Waals surface area contributed by atoms with Gasteiger partial charge in [0.25, 0.3) is 0 Å². The van der Waals surface area contributed by atoms with E-state index in [1.54, 1.807) is 24.3 Å². The molecule has 2 aromatic rings. The number of benzene rings is 2. The van der Waals surface area contributed by atoms with E-state index in [4.69, 9.17) is 5.73 Å². The average Bonchev–Trinajstić information content (AvgIpc) is 2.48. The second-order valence-corrected chi connectivity index (χ2v) is 7.42. The molecule has 0 saturated heterocycles. The molecule has 4 nitrogen and oxygen atoms in total. The van der Waals surface area contributed by atoms with E-state index in [9.17, 15) is 8.42 Å². The predicted octanol–water partition coefficient (Wildman–Crippen LogP) is 2.60. The van der Waals surface area contributed by atoms with Crippen molar-refractivity contribution in [1.82, 2.24) is 4.31 Å². The number of rotatable bonds is 6. The lowest BCUT2D eigenvalue weighted by atomic mass is 10.2. The van der Waals surface area contributed by atoms with Gasteiger partial charge in [-0.05, 0) is 23.8 Å². The Morgan fingerprint density at radius 1 is 1.05 bits per heavy atom. The van der Waals surface area contributed by atoms with Crippen molar-refractivity contribution in [2.45, 2.75) is 11.4 Å². The number of nitrogens with two attached hydrogens (primary N) is 1. The summed E-state index contributed by atoms with van der Waals surface area (Å²) in [5.41, 5.74) is 6.51. The van der Waals surface area contributed by atoms with Gasteiger partial charge in [-0.15, -0.1) is 0 Å². The van der Waals surface area contributed by atoms with Gasteiger partial charge in [-0.3, -0.25) is 0 Å². The van der Waals surface area contributed by atoms with Gasteiger partial charge < -0.3 is 5.73 Å². The molecule has 6 heteroatoms. The summed E-state index contributed by atoms with van der Waals surface area (Å²) in [6, 6.07) is 16.2. The van der Waals surface area contributed by atoms with Gasteiger partial charge in [0.15, 0.2) is 0 Å². The van der Waals surface area contributed by atoms with Gasteiger partial charge in [0.1, 0.15) is 0 Å². The Hall–Kier alpha value is -1.21. The highest BCUT2D eigenvalue weighted by Gasteiger charge is 2.24. The van der Waals surface area contributed by atoms with Gasteiger partial charge in [0.2, 0.25) is 10.0 Å². The zero-order valence-electron chi connectivity index (χ0n) is 11.4. The molecule has 21 heavy (non-hydrogen) atoms. The van der Waals surface area contributed by atoms with Crippen LogP contribution in [0.25, 0.3) is 0 Å². The number of nitrogens with zero attached hydrogens (tertiary/aromatic N) is 1. The van der Waals surface area contributed by atoms with Crippen LogP contribution in [0.2, 0.25) is 0 Å². The summed E-state index contributed by atoms with van der Waals surface area (Å²) in [6.07, 6.45) is 0. The third kappa shape index (κ3) is 4.14. The van der Waals surface area contributed by atoms with Crippen molar-refractivity contribution >= 4 is 26.0 Å². The first-order chi connectivity index (χ1) is 10.0. The molecule has 0 saturated carbocycles. The Morgan fingerprint density at radius 3 is 2.38 bits per heavy atom. The van der Waals surface area contributed by atoms with Gasteiger partial charge in [-0.2, -0.15) is 4.31 Å². The Morgan fingerprint density at radius 2 is 1.76 bits per heavy atom. The maximum absolute atomic E-state index is 12.7. The van der Waals surface area contributed by atoms with Crippen LogP contribution in [-0.4, -0.2) is 25.8 Å². The van der Waals surface area contributed by atoms with Crippen molar-refractivity contribution in [2.75, 3.05) is 13.1 Å². The molecule has 0 bridgehead atoms. The monoisotopic (exact) mass is 368 g/mol. The maximum atomic E-state index is 12.7. The Labute approximate surface area is 133 Å². The zero-order chi connectivity index (χ0) is 15.3. The molecule has 0 aliphatic rings. The van der Waals surface area contributed by atoms with Crippen LogP contribution < -0.4 is 5.73 Å². The molecule has 2 N–H and O–H groups in total. The van der Waals surface area contributed by atoms with E-state index in [0.717, 1.165) is 10.0 Å². The number of hydrogen-bond acceptors (Lipinski definition) is 3. The first-order valence-corrected chi connectivity index (χ1v) is 8.77. The molecule has 0 radical (unpaired) electrons. The standard InChI is InChI=1S/C15H17BrN2O2S/c16-14-7-4-8-15(11-14)21(19,20)18(10-9-17)12-13-5-2-1-3-6-13/h1-8,11H,9-10,12,17H2. The fraction of sp³-hybridized carbons (Fsp3) is 0.200. The number of hydrogen-bond donors (Lipinski definition) is 1. The first-order valence-electron chi connectivity index (χ1n) is 6.54. The largest absolute Gasteiger partial charge is 0.329 e. The smallest absolute Gasteiger partial charge is 0.243 e. The van der Waals surface area contributed by atoms with Gasteiger partial charge in [-0.25, -0.2) is 8.42 Å². The molecule has 2 aromatic carbocycles. The van der Waals surface area contributed by atoms with Crippen molar-refractivity contribution in [1.29, 1.82) is 0 Å². The van der Waals surface area contributed by atoms with E-state index in [1.165, 1.54) is 4.31 Å². The van der Waals surface area contributed by atoms with Crippen LogP contribution >= 0.6 is 15.9 Å². The normalized spacial score (nSPS) is 11.8. The van der Waals surface area contributed by atoms with Crippen LogP contribution in [0, 0.1) is 0 Å². The molecule has 0 aliphatic carbocycles. The molecule has 0 aliphatic heterocycles. The molecule has 0 fully saturated rings. The zero-order valence-corrected chi connectivity index (χ0v) is 13.8. The summed E-state index contributed by atoms with van der Waals surface area (Å²) in [5.74, 6) is 0. The van der Waals surface area contributed by atoms with Gasteiger partial charge in [0, 0.05) is 24.1 Å². The van der Waals surface area contributed by atoms with E-state index in [2.05, 4.69) is 15.9 Å². The summed E-state index contributed by atoms with van der Waals surface area (Å²) >= 11 is 3.30. The lowest BCUT2D eigenvalue weighted by Crippen LogP contribution is -2.34. The molecular weight excluding hydrogens is 352 g/mol. The van der Waals surface area contributed by atoms with Crippen LogP contribution in [0.15, 0.2) is 64.0 Å². The molecule has 0 atom stereocenters. The topological polar surface area (TPSA) is 63.4 Å². The molecule has 0 spiro atoms. The maximum Gasteiger partial charge on any atom is 0.243 e. The molecule has 0 amide bonds. The summed E-state index contributed by atoms with van der Waals surface area (Å²) in [6.45, 7) is 0.872. The van der Waals surface area contributed by atoms with Gasteiger partial charge >= 0.3 is 0 Å². The second-order valence-electron chi connectivity index (χ2n) is 4.57. The summed E-state index contributed by atoms with van der Waals surface area (Å²) in [4.78, 5) is 0.265. The molecule has 0 aromatic heterocycles. The van der Waals surface area contributed by atoms with E-state index >= 15 is 0 Å². The van der Waals surface area contributed by atoms with Crippen LogP contribution in [0.4, 0.5) is 0 Å². The number of halogens is 1. The summed E-state index contributed by atoms with van der Waals surface area (Å²) in [7, 11) is -3.56. The third-order valence-corrected chi connectivity index (χ3v) is 5.35. The van der Waals surface area contributed by atoms with Crippen molar-refractivity contribution in [2.24, 2.45) is 5.73 Å². The number of sulfonamides is 1. The minimum atomic E-state index is -3.56. The van der Waals surface area contributed by atoms with E-state index in [0.29, 0.717) is 6.54 Å². The third-order valence-electron chi connectivity index (χ3n) is 3.01. The van der Waals surface area contributed by atoms with Gasteiger partial charge in [0.05, 0.1) is 4.90 Å². The van der Waals surface area contributed by atoms with Crippen molar-refractivity contribution in [3.05, 3.63) is 64.6 Å². The molecule has 0 unspecified atom stereocenters. The highest BCUT2D eigenvalue weighted by Crippen LogP contribution is 2.21. The highest BCUT2D eigenvalue weighted by molar-refractivity contribution is 9.10. The first kappa shape index (κ1) is 16.2. The van der Waals surface area contributed by atoms with Crippen molar-refractivity contribution in [3.63, 3.8) is 0 Å². The lowest BCUT2D eigenvalue weighted by molar-refractivity contribution is 0.414. The molecule has 2 rings (SSSR count). The van der Waals surface area contributed by atoms with E-state index in [1.807, 2.05) is 30.3 Å². The minimum Gasteiger partial charge on any atom is -0.329 e. The molecule has 0 heterocycles. The summed E-state index contributed by atoms with van der Waals surface area (Å²) < 4.78 is 27.6. The van der Waals surface area contributed by atoms with Crippen LogP contribution in [-0.2, 0) is 16.6 Å². The van der Waals surface area contributed by atoms with Crippen molar-refractivity contribution < 1.29 is 8.42 Å². The quantitative estimate of drug-likeness (QED) is 0.852. The van der Waals surface area contributed by atoms with Crippen molar-refractivity contribution in [3.8, 4) is 0 Å². The average molecular weight is 369 g/mol. The van der Waals surface area contributed by atoms with E-state index in [-0.39, 0.29) is 18.0 Å². The second kappa shape index (κ2) is 7.17. The fourth-order valence-electron chi connectivity index (χ4n) is 1.99.